The van der Waals surface area contributed by atoms with Gasteiger partial charge in [0, 0.05) is 0 Å². The maximum absolute atomic E-state index is 2.39. The van der Waals surface area contributed by atoms with Gasteiger partial charge in [0.1, 0.15) is 0 Å². The molecular weight excluding hydrogens is 156 g/mol. The van der Waals surface area contributed by atoms with Crippen molar-refractivity contribution >= 4 is 0 Å². The molecule has 0 unspecified atom stereocenters. The van der Waals surface area contributed by atoms with E-state index in [-0.39, 0.29) is 0 Å². The van der Waals surface area contributed by atoms with Gasteiger partial charge in [-0.15, -0.1) is 0 Å². The van der Waals surface area contributed by atoms with E-state index in [1.54, 1.807) is 0 Å². The van der Waals surface area contributed by atoms with Crippen LogP contribution >= 0.6 is 0 Å². The third-order valence-corrected chi connectivity index (χ3v) is 3.73. The van der Waals surface area contributed by atoms with Crippen LogP contribution in [0, 0.1) is 17.3 Å². The van der Waals surface area contributed by atoms with Crippen molar-refractivity contribution in [1.29, 1.82) is 0 Å². The van der Waals surface area contributed by atoms with Gasteiger partial charge in [-0.1, -0.05) is 54.4 Å². The molecule has 0 bridgehead atoms. The summed E-state index contributed by atoms with van der Waals surface area (Å²) in [7, 11) is 0. The van der Waals surface area contributed by atoms with Crippen LogP contribution < -0.4 is 0 Å². The van der Waals surface area contributed by atoms with Crippen molar-refractivity contribution in [3.8, 4) is 0 Å². The third-order valence-electron chi connectivity index (χ3n) is 3.73. The van der Waals surface area contributed by atoms with E-state index in [9.17, 15) is 0 Å². The Morgan fingerprint density at radius 2 is 1.08 bits per heavy atom. The van der Waals surface area contributed by atoms with E-state index in [4.69, 9.17) is 0 Å². The maximum Gasteiger partial charge on any atom is -0.0252 e. The summed E-state index contributed by atoms with van der Waals surface area (Å²) in [5.41, 5.74) is 0.601. The van der Waals surface area contributed by atoms with Crippen molar-refractivity contribution in [2.24, 2.45) is 17.3 Å². The molecule has 13 heavy (non-hydrogen) atoms. The summed E-state index contributed by atoms with van der Waals surface area (Å²) in [5.74, 6) is 1.65. The quantitative estimate of drug-likeness (QED) is 0.551. The molecule has 0 N–H and O–H groups in total. The van der Waals surface area contributed by atoms with Gasteiger partial charge in [0.05, 0.1) is 0 Å². The van der Waals surface area contributed by atoms with Crippen LogP contribution in [0.15, 0.2) is 0 Å². The van der Waals surface area contributed by atoms with E-state index < -0.39 is 0 Å². The van der Waals surface area contributed by atoms with Gasteiger partial charge in [-0.3, -0.25) is 0 Å². The Bertz CT molecular complexity index is 106. The van der Waals surface area contributed by atoms with Crippen LogP contribution in [-0.2, 0) is 0 Å². The van der Waals surface area contributed by atoms with Crippen molar-refractivity contribution in [3.63, 3.8) is 0 Å². The first kappa shape index (κ1) is 13.0. The molecule has 0 fully saturated rings. The van der Waals surface area contributed by atoms with E-state index in [0.29, 0.717) is 5.41 Å². The first-order valence-corrected chi connectivity index (χ1v) is 6.01. The normalized spacial score (nSPS) is 12.9. The molecule has 0 spiro atoms. The molecule has 0 heterocycles. The predicted molar refractivity (Wildman–Crippen MR) is 61.9 cm³/mol. The standard InChI is InChI=1S/C13H28/c1-7-9-13(10-8-2,11(3)4)12(5)6/h11-12H,7-10H2,1-6H3. The minimum atomic E-state index is 0.601. The second-order valence-electron chi connectivity index (χ2n) is 5.04. The lowest BCUT2D eigenvalue weighted by Gasteiger charge is -2.41. The number of hydrogen-bond donors (Lipinski definition) is 0. The van der Waals surface area contributed by atoms with Gasteiger partial charge in [-0.05, 0) is 30.1 Å². The van der Waals surface area contributed by atoms with E-state index in [2.05, 4.69) is 41.5 Å². The highest BCUT2D eigenvalue weighted by molar-refractivity contribution is 4.84. The van der Waals surface area contributed by atoms with Crippen LogP contribution in [0.1, 0.15) is 67.2 Å². The molecule has 0 aromatic rings. The molecule has 0 saturated heterocycles. The van der Waals surface area contributed by atoms with Crippen molar-refractivity contribution in [2.45, 2.75) is 67.2 Å². The lowest BCUT2D eigenvalue weighted by molar-refractivity contribution is 0.0832. The van der Waals surface area contributed by atoms with Crippen molar-refractivity contribution in [2.75, 3.05) is 0 Å². The molecule has 0 saturated carbocycles. The summed E-state index contributed by atoms with van der Waals surface area (Å²) in [4.78, 5) is 0. The van der Waals surface area contributed by atoms with Crippen molar-refractivity contribution in [1.82, 2.24) is 0 Å². The summed E-state index contributed by atoms with van der Waals surface area (Å²) in [5, 5.41) is 0. The molecule has 0 aliphatic heterocycles. The largest absolute Gasteiger partial charge is 0.0654 e. The minimum Gasteiger partial charge on any atom is -0.0654 e. The second-order valence-corrected chi connectivity index (χ2v) is 5.04. The Morgan fingerprint density at radius 1 is 0.769 bits per heavy atom. The van der Waals surface area contributed by atoms with Crippen molar-refractivity contribution in [3.05, 3.63) is 0 Å². The zero-order valence-corrected chi connectivity index (χ0v) is 10.5. The van der Waals surface area contributed by atoms with Crippen LogP contribution in [0.3, 0.4) is 0 Å². The van der Waals surface area contributed by atoms with Crippen LogP contribution in [0.2, 0.25) is 0 Å². The average Bonchev–Trinajstić information content (AvgIpc) is 2.03. The summed E-state index contributed by atoms with van der Waals surface area (Å²) in [6.45, 7) is 14.2. The highest BCUT2D eigenvalue weighted by atomic mass is 14.4. The van der Waals surface area contributed by atoms with Crippen LogP contribution in [0.5, 0.6) is 0 Å². The molecule has 80 valence electrons. The molecular formula is C13H28. The van der Waals surface area contributed by atoms with E-state index in [1.807, 2.05) is 0 Å². The molecule has 0 aliphatic rings. The Morgan fingerprint density at radius 3 is 1.23 bits per heavy atom. The van der Waals surface area contributed by atoms with E-state index in [1.165, 1.54) is 25.7 Å². The Labute approximate surface area is 85.1 Å². The van der Waals surface area contributed by atoms with Crippen LogP contribution in [-0.4, -0.2) is 0 Å². The number of hydrogen-bond acceptors (Lipinski definition) is 0. The van der Waals surface area contributed by atoms with Gasteiger partial charge < -0.3 is 0 Å². The predicted octanol–water partition coefficient (Wildman–Crippen LogP) is 4.89. The van der Waals surface area contributed by atoms with Gasteiger partial charge >= 0.3 is 0 Å². The van der Waals surface area contributed by atoms with Gasteiger partial charge in [-0.25, -0.2) is 0 Å². The lowest BCUT2D eigenvalue weighted by atomic mass is 9.64. The molecule has 0 rings (SSSR count). The Balaban J connectivity index is 4.59. The molecule has 0 aromatic carbocycles. The van der Waals surface area contributed by atoms with Gasteiger partial charge in [0.15, 0.2) is 0 Å². The van der Waals surface area contributed by atoms with E-state index >= 15 is 0 Å². The second kappa shape index (κ2) is 5.67. The topological polar surface area (TPSA) is 0 Å². The fraction of sp³-hybridized carbons (Fsp3) is 1.00. The van der Waals surface area contributed by atoms with Crippen molar-refractivity contribution < 1.29 is 0 Å². The molecule has 0 radical (unpaired) electrons. The zero-order valence-electron chi connectivity index (χ0n) is 10.5. The average molecular weight is 184 g/mol. The number of rotatable bonds is 6. The summed E-state index contributed by atoms with van der Waals surface area (Å²) < 4.78 is 0. The molecule has 0 atom stereocenters. The molecule has 0 nitrogen and oxygen atoms in total. The molecule has 0 aromatic heterocycles. The fourth-order valence-corrected chi connectivity index (χ4v) is 2.88. The lowest BCUT2D eigenvalue weighted by Crippen LogP contribution is -2.32. The smallest absolute Gasteiger partial charge is 0.0252 e. The summed E-state index contributed by atoms with van der Waals surface area (Å²) >= 11 is 0. The zero-order chi connectivity index (χ0) is 10.5. The first-order chi connectivity index (χ1) is 6.01. The Hall–Kier alpha value is 0. The highest BCUT2D eigenvalue weighted by Gasteiger charge is 2.34. The SMILES string of the molecule is CCCC(CCC)(C(C)C)C(C)C. The van der Waals surface area contributed by atoms with E-state index in [0.717, 1.165) is 11.8 Å². The minimum absolute atomic E-state index is 0.601. The van der Waals surface area contributed by atoms with Gasteiger partial charge in [0.2, 0.25) is 0 Å². The summed E-state index contributed by atoms with van der Waals surface area (Å²) in [6.07, 6.45) is 5.46. The highest BCUT2D eigenvalue weighted by Crippen LogP contribution is 2.44. The van der Waals surface area contributed by atoms with Gasteiger partial charge in [-0.2, -0.15) is 0 Å². The Kier molecular flexibility index (Phi) is 5.67. The van der Waals surface area contributed by atoms with Crippen LogP contribution in [0.25, 0.3) is 0 Å². The monoisotopic (exact) mass is 184 g/mol. The molecule has 0 heteroatoms. The maximum atomic E-state index is 2.39. The third kappa shape index (κ3) is 3.00. The molecule has 0 aliphatic carbocycles. The van der Waals surface area contributed by atoms with Crippen LogP contribution in [0.4, 0.5) is 0 Å². The fourth-order valence-electron chi connectivity index (χ4n) is 2.88. The van der Waals surface area contributed by atoms with Gasteiger partial charge in [0.25, 0.3) is 0 Å². The summed E-state index contributed by atoms with van der Waals surface area (Å²) in [6, 6.07) is 0. The molecule has 0 amide bonds. The first-order valence-electron chi connectivity index (χ1n) is 6.01.